The standard InChI is InChI=1S/C14H26N2S/c1-3-14(2)11-17-13(16-14)15-10-6-9-12-7-4-5-8-12/h12H,3-11H2,1-2H3,(H,15,16). The van der Waals surface area contributed by atoms with E-state index in [9.17, 15) is 0 Å². The van der Waals surface area contributed by atoms with E-state index in [0.29, 0.717) is 0 Å². The molecule has 0 radical (unpaired) electrons. The summed E-state index contributed by atoms with van der Waals surface area (Å²) >= 11 is 1.90. The quantitative estimate of drug-likeness (QED) is 0.754. The minimum absolute atomic E-state index is 0.287. The first-order valence-corrected chi connectivity index (χ1v) is 8.16. The lowest BCUT2D eigenvalue weighted by atomic mass is 10.0. The largest absolute Gasteiger partial charge is 0.359 e. The minimum atomic E-state index is 0.287. The Kier molecular flexibility index (Phi) is 4.78. The van der Waals surface area contributed by atoms with Crippen LogP contribution in [-0.4, -0.2) is 23.0 Å². The van der Waals surface area contributed by atoms with Gasteiger partial charge in [0.25, 0.3) is 0 Å². The fourth-order valence-corrected chi connectivity index (χ4v) is 3.93. The van der Waals surface area contributed by atoms with Gasteiger partial charge in [-0.25, -0.2) is 0 Å². The fourth-order valence-electron chi connectivity index (χ4n) is 2.69. The van der Waals surface area contributed by atoms with Gasteiger partial charge in [0.1, 0.15) is 0 Å². The molecule has 1 saturated carbocycles. The van der Waals surface area contributed by atoms with Crippen molar-refractivity contribution in [3.05, 3.63) is 0 Å². The Balaban J connectivity index is 1.64. The van der Waals surface area contributed by atoms with Crippen LogP contribution < -0.4 is 5.32 Å². The Hall–Kier alpha value is -0.180. The number of amidine groups is 1. The SMILES string of the molecule is CCC1(C)CSC(=NCCCC2CCCC2)N1. The predicted molar refractivity (Wildman–Crippen MR) is 77.8 cm³/mol. The van der Waals surface area contributed by atoms with Crippen molar-refractivity contribution in [1.29, 1.82) is 0 Å². The molecule has 1 heterocycles. The molecule has 1 aliphatic carbocycles. The number of rotatable bonds is 5. The molecule has 1 N–H and O–H groups in total. The molecule has 98 valence electrons. The zero-order valence-corrected chi connectivity index (χ0v) is 12.1. The van der Waals surface area contributed by atoms with Crippen LogP contribution in [0.1, 0.15) is 58.8 Å². The van der Waals surface area contributed by atoms with Gasteiger partial charge < -0.3 is 5.32 Å². The van der Waals surface area contributed by atoms with Gasteiger partial charge in [0.15, 0.2) is 5.17 Å². The highest BCUT2D eigenvalue weighted by Crippen LogP contribution is 2.29. The predicted octanol–water partition coefficient (Wildman–Crippen LogP) is 3.82. The van der Waals surface area contributed by atoms with Gasteiger partial charge in [-0.05, 0) is 32.1 Å². The van der Waals surface area contributed by atoms with Gasteiger partial charge in [-0.1, -0.05) is 44.4 Å². The highest BCUT2D eigenvalue weighted by Gasteiger charge is 2.30. The van der Waals surface area contributed by atoms with E-state index in [1.807, 2.05) is 11.8 Å². The summed E-state index contributed by atoms with van der Waals surface area (Å²) in [5.41, 5.74) is 0.287. The smallest absolute Gasteiger partial charge is 0.157 e. The zero-order chi connectivity index (χ0) is 12.1. The monoisotopic (exact) mass is 254 g/mol. The molecule has 0 bridgehead atoms. The number of nitrogens with one attached hydrogen (secondary N) is 1. The van der Waals surface area contributed by atoms with E-state index < -0.39 is 0 Å². The summed E-state index contributed by atoms with van der Waals surface area (Å²) in [6, 6.07) is 0. The maximum absolute atomic E-state index is 4.70. The Morgan fingerprint density at radius 1 is 1.41 bits per heavy atom. The van der Waals surface area contributed by atoms with Crippen LogP contribution in [0, 0.1) is 5.92 Å². The molecule has 0 aromatic carbocycles. The summed E-state index contributed by atoms with van der Waals surface area (Å²) in [6.07, 6.45) is 9.72. The van der Waals surface area contributed by atoms with Crippen LogP contribution in [0.15, 0.2) is 4.99 Å². The first-order valence-electron chi connectivity index (χ1n) is 7.17. The average Bonchev–Trinajstić information content (AvgIpc) is 2.95. The van der Waals surface area contributed by atoms with Gasteiger partial charge in [0, 0.05) is 17.8 Å². The summed E-state index contributed by atoms with van der Waals surface area (Å²) in [5, 5.41) is 4.74. The third-order valence-electron chi connectivity index (χ3n) is 4.22. The summed E-state index contributed by atoms with van der Waals surface area (Å²) in [7, 11) is 0. The molecule has 2 fully saturated rings. The molecule has 1 atom stereocenters. The van der Waals surface area contributed by atoms with Gasteiger partial charge in [-0.2, -0.15) is 0 Å². The van der Waals surface area contributed by atoms with E-state index in [0.717, 1.165) is 12.5 Å². The molecule has 1 aliphatic heterocycles. The Labute approximate surface area is 110 Å². The van der Waals surface area contributed by atoms with Gasteiger partial charge in [0.05, 0.1) is 0 Å². The van der Waals surface area contributed by atoms with Crippen LogP contribution in [0.25, 0.3) is 0 Å². The van der Waals surface area contributed by atoms with Crippen LogP contribution in [-0.2, 0) is 0 Å². The summed E-state index contributed by atoms with van der Waals surface area (Å²) in [4.78, 5) is 4.70. The van der Waals surface area contributed by atoms with Crippen LogP contribution in [0.3, 0.4) is 0 Å². The highest BCUT2D eigenvalue weighted by molar-refractivity contribution is 8.14. The number of nitrogens with zero attached hydrogens (tertiary/aromatic N) is 1. The maximum Gasteiger partial charge on any atom is 0.157 e. The van der Waals surface area contributed by atoms with Crippen molar-refractivity contribution in [2.24, 2.45) is 10.9 Å². The Bertz CT molecular complexity index is 271. The molecule has 2 aliphatic rings. The average molecular weight is 254 g/mol. The molecule has 3 heteroatoms. The van der Waals surface area contributed by atoms with Crippen molar-refractivity contribution in [1.82, 2.24) is 5.32 Å². The second-order valence-corrected chi connectivity index (χ2v) is 6.77. The Morgan fingerprint density at radius 2 is 2.18 bits per heavy atom. The fraction of sp³-hybridized carbons (Fsp3) is 0.929. The number of hydrogen-bond acceptors (Lipinski definition) is 2. The van der Waals surface area contributed by atoms with E-state index in [-0.39, 0.29) is 5.54 Å². The normalized spacial score (nSPS) is 32.2. The van der Waals surface area contributed by atoms with Crippen molar-refractivity contribution in [3.63, 3.8) is 0 Å². The van der Waals surface area contributed by atoms with E-state index in [2.05, 4.69) is 19.2 Å². The molecular weight excluding hydrogens is 228 g/mol. The van der Waals surface area contributed by atoms with Crippen LogP contribution in [0.2, 0.25) is 0 Å². The van der Waals surface area contributed by atoms with Crippen molar-refractivity contribution >= 4 is 16.9 Å². The highest BCUT2D eigenvalue weighted by atomic mass is 32.2. The first-order chi connectivity index (χ1) is 8.22. The van der Waals surface area contributed by atoms with Crippen molar-refractivity contribution in [2.45, 2.75) is 64.3 Å². The lowest BCUT2D eigenvalue weighted by molar-refractivity contribution is 0.465. The van der Waals surface area contributed by atoms with E-state index in [1.165, 1.54) is 55.9 Å². The van der Waals surface area contributed by atoms with Gasteiger partial charge in [-0.15, -0.1) is 0 Å². The van der Waals surface area contributed by atoms with Crippen LogP contribution in [0.5, 0.6) is 0 Å². The number of thioether (sulfide) groups is 1. The molecule has 0 aromatic heterocycles. The molecule has 2 rings (SSSR count). The molecule has 0 amide bonds. The van der Waals surface area contributed by atoms with Crippen molar-refractivity contribution in [3.8, 4) is 0 Å². The third kappa shape index (κ3) is 3.90. The maximum atomic E-state index is 4.70. The molecular formula is C14H26N2S. The van der Waals surface area contributed by atoms with Crippen molar-refractivity contribution in [2.75, 3.05) is 12.3 Å². The van der Waals surface area contributed by atoms with Crippen molar-refractivity contribution < 1.29 is 0 Å². The first kappa shape index (κ1) is 13.3. The van der Waals surface area contributed by atoms with Crippen LogP contribution >= 0.6 is 11.8 Å². The molecule has 1 unspecified atom stereocenters. The number of aliphatic imine (C=N–C) groups is 1. The van der Waals surface area contributed by atoms with E-state index in [4.69, 9.17) is 4.99 Å². The molecule has 0 aromatic rings. The number of hydrogen-bond donors (Lipinski definition) is 1. The van der Waals surface area contributed by atoms with Gasteiger partial charge in [-0.3, -0.25) is 4.99 Å². The van der Waals surface area contributed by atoms with E-state index in [1.54, 1.807) is 0 Å². The summed E-state index contributed by atoms with van der Waals surface area (Å²) in [6.45, 7) is 5.56. The lowest BCUT2D eigenvalue weighted by Crippen LogP contribution is -2.39. The molecule has 17 heavy (non-hydrogen) atoms. The topological polar surface area (TPSA) is 24.4 Å². The van der Waals surface area contributed by atoms with E-state index >= 15 is 0 Å². The second-order valence-electron chi connectivity index (χ2n) is 5.81. The second kappa shape index (κ2) is 6.12. The summed E-state index contributed by atoms with van der Waals surface area (Å²) in [5.74, 6) is 2.19. The molecule has 2 nitrogen and oxygen atoms in total. The van der Waals surface area contributed by atoms with Gasteiger partial charge >= 0.3 is 0 Å². The molecule has 1 saturated heterocycles. The van der Waals surface area contributed by atoms with Gasteiger partial charge in [0.2, 0.25) is 0 Å². The Morgan fingerprint density at radius 3 is 2.82 bits per heavy atom. The zero-order valence-electron chi connectivity index (χ0n) is 11.3. The lowest BCUT2D eigenvalue weighted by Gasteiger charge is -2.20. The summed E-state index contributed by atoms with van der Waals surface area (Å²) < 4.78 is 0. The molecule has 0 spiro atoms. The minimum Gasteiger partial charge on any atom is -0.359 e. The van der Waals surface area contributed by atoms with Crippen LogP contribution in [0.4, 0.5) is 0 Å². The third-order valence-corrected chi connectivity index (χ3v) is 5.50.